The zero-order valence-electron chi connectivity index (χ0n) is 9.26. The largest absolute Gasteiger partial charge is 0.396 e. The normalized spacial score (nSPS) is 10.9. The second-order valence-electron chi connectivity index (χ2n) is 3.59. The second-order valence-corrected chi connectivity index (χ2v) is 3.94. The van der Waals surface area contributed by atoms with Crippen LogP contribution in [0, 0.1) is 6.92 Å². The van der Waals surface area contributed by atoms with E-state index >= 15 is 0 Å². The lowest BCUT2D eigenvalue weighted by Gasteiger charge is -2.03. The lowest BCUT2D eigenvalue weighted by Crippen LogP contribution is -2.15. The third-order valence-corrected chi connectivity index (χ3v) is 2.81. The van der Waals surface area contributed by atoms with Crippen LogP contribution in [0.3, 0.4) is 0 Å². The molecule has 0 fully saturated rings. The quantitative estimate of drug-likeness (QED) is 0.725. The second kappa shape index (κ2) is 6.10. The Morgan fingerprint density at radius 1 is 1.47 bits per heavy atom. The fourth-order valence-corrected chi connectivity index (χ4v) is 1.69. The van der Waals surface area contributed by atoms with Crippen LogP contribution in [0.4, 0.5) is 0 Å². The Morgan fingerprint density at radius 3 is 2.73 bits per heavy atom. The van der Waals surface area contributed by atoms with Crippen LogP contribution in [-0.2, 0) is 13.6 Å². The van der Waals surface area contributed by atoms with Gasteiger partial charge in [0.15, 0.2) is 0 Å². The molecule has 0 aliphatic carbocycles. The van der Waals surface area contributed by atoms with Gasteiger partial charge in [0.2, 0.25) is 0 Å². The van der Waals surface area contributed by atoms with Gasteiger partial charge in [-0.2, -0.15) is 5.10 Å². The summed E-state index contributed by atoms with van der Waals surface area (Å²) in [6.07, 6.45) is 1.82. The maximum Gasteiger partial charge on any atom is 0.131 e. The van der Waals surface area contributed by atoms with Crippen LogP contribution >= 0.6 is 11.6 Å². The summed E-state index contributed by atoms with van der Waals surface area (Å²) in [5, 5.41) is 16.8. The zero-order chi connectivity index (χ0) is 11.3. The highest BCUT2D eigenvalue weighted by Gasteiger charge is 2.09. The summed E-state index contributed by atoms with van der Waals surface area (Å²) >= 11 is 6.07. The average Bonchev–Trinajstić information content (AvgIpc) is 2.44. The lowest BCUT2D eigenvalue weighted by atomic mass is 10.2. The first kappa shape index (κ1) is 12.5. The lowest BCUT2D eigenvalue weighted by molar-refractivity contribution is 0.283. The average molecular weight is 232 g/mol. The van der Waals surface area contributed by atoms with Crippen molar-refractivity contribution in [3.05, 3.63) is 16.4 Å². The molecule has 0 spiro atoms. The minimum Gasteiger partial charge on any atom is -0.396 e. The molecular weight excluding hydrogens is 214 g/mol. The molecule has 5 heteroatoms. The van der Waals surface area contributed by atoms with E-state index in [1.165, 1.54) is 0 Å². The first-order valence-corrected chi connectivity index (χ1v) is 5.54. The predicted octanol–water partition coefficient (Wildman–Crippen LogP) is 1.24. The zero-order valence-corrected chi connectivity index (χ0v) is 10.0. The molecule has 1 aromatic heterocycles. The fraction of sp³-hybridized carbons (Fsp3) is 0.700. The van der Waals surface area contributed by atoms with Gasteiger partial charge in [-0.05, 0) is 26.3 Å². The number of nitrogens with one attached hydrogen (secondary N) is 1. The van der Waals surface area contributed by atoms with Gasteiger partial charge >= 0.3 is 0 Å². The minimum atomic E-state index is 0.258. The first-order valence-electron chi connectivity index (χ1n) is 5.16. The summed E-state index contributed by atoms with van der Waals surface area (Å²) in [6.45, 7) is 3.85. The molecule has 0 bridgehead atoms. The third-order valence-electron chi connectivity index (χ3n) is 2.33. The minimum absolute atomic E-state index is 0.258. The summed E-state index contributed by atoms with van der Waals surface area (Å²) in [4.78, 5) is 0. The molecule has 4 nitrogen and oxygen atoms in total. The van der Waals surface area contributed by atoms with E-state index in [-0.39, 0.29) is 6.61 Å². The number of hydrogen-bond acceptors (Lipinski definition) is 3. The third kappa shape index (κ3) is 3.48. The van der Waals surface area contributed by atoms with Gasteiger partial charge in [-0.1, -0.05) is 11.6 Å². The van der Waals surface area contributed by atoms with E-state index in [0.29, 0.717) is 5.15 Å². The Morgan fingerprint density at radius 2 is 2.20 bits per heavy atom. The molecule has 1 heterocycles. The van der Waals surface area contributed by atoms with E-state index in [1.807, 2.05) is 14.0 Å². The van der Waals surface area contributed by atoms with Crippen molar-refractivity contribution in [2.45, 2.75) is 26.3 Å². The molecule has 0 atom stereocenters. The highest BCUT2D eigenvalue weighted by atomic mass is 35.5. The number of aliphatic hydroxyl groups is 1. The summed E-state index contributed by atoms with van der Waals surface area (Å²) in [5.41, 5.74) is 2.03. The maximum absolute atomic E-state index is 8.61. The number of nitrogens with zero attached hydrogens (tertiary/aromatic N) is 2. The highest BCUT2D eigenvalue weighted by Crippen LogP contribution is 2.17. The van der Waals surface area contributed by atoms with Crippen molar-refractivity contribution < 1.29 is 5.11 Å². The molecule has 2 N–H and O–H groups in total. The van der Waals surface area contributed by atoms with Crippen molar-refractivity contribution in [2.75, 3.05) is 13.2 Å². The van der Waals surface area contributed by atoms with E-state index in [4.69, 9.17) is 16.7 Å². The summed E-state index contributed by atoms with van der Waals surface area (Å²) in [6, 6.07) is 0. The van der Waals surface area contributed by atoms with Gasteiger partial charge in [-0.15, -0.1) is 0 Å². The molecule has 0 amide bonds. The van der Waals surface area contributed by atoms with Crippen LogP contribution in [0.15, 0.2) is 0 Å². The van der Waals surface area contributed by atoms with Crippen LogP contribution < -0.4 is 5.32 Å². The number of rotatable bonds is 6. The topological polar surface area (TPSA) is 50.1 Å². The van der Waals surface area contributed by atoms with Gasteiger partial charge in [-0.25, -0.2) is 0 Å². The standard InChI is InChI=1S/C10H18ClN3O/c1-8-9(10(11)14(2)13-8)7-12-5-3-4-6-15/h12,15H,3-7H2,1-2H3. The summed E-state index contributed by atoms with van der Waals surface area (Å²) in [5.74, 6) is 0. The smallest absolute Gasteiger partial charge is 0.131 e. The molecule has 86 valence electrons. The van der Waals surface area contributed by atoms with Crippen LogP contribution in [0.2, 0.25) is 5.15 Å². The van der Waals surface area contributed by atoms with E-state index < -0.39 is 0 Å². The monoisotopic (exact) mass is 231 g/mol. The van der Waals surface area contributed by atoms with Gasteiger partial charge in [-0.3, -0.25) is 4.68 Å². The number of hydrogen-bond donors (Lipinski definition) is 2. The van der Waals surface area contributed by atoms with Gasteiger partial charge < -0.3 is 10.4 Å². The van der Waals surface area contributed by atoms with Crippen LogP contribution in [0.1, 0.15) is 24.1 Å². The predicted molar refractivity (Wildman–Crippen MR) is 61.0 cm³/mol. The number of aromatic nitrogens is 2. The van der Waals surface area contributed by atoms with Crippen molar-refractivity contribution >= 4 is 11.6 Å². The first-order chi connectivity index (χ1) is 7.16. The van der Waals surface area contributed by atoms with Gasteiger partial charge in [0.1, 0.15) is 5.15 Å². The van der Waals surface area contributed by atoms with E-state index in [2.05, 4.69) is 10.4 Å². The van der Waals surface area contributed by atoms with E-state index in [1.54, 1.807) is 4.68 Å². The molecule has 0 saturated carbocycles. The highest BCUT2D eigenvalue weighted by molar-refractivity contribution is 6.30. The number of aliphatic hydroxyl groups excluding tert-OH is 1. The van der Waals surface area contributed by atoms with Crippen molar-refractivity contribution in [1.29, 1.82) is 0 Å². The molecule has 0 saturated heterocycles. The fourth-order valence-electron chi connectivity index (χ4n) is 1.45. The molecule has 0 aliphatic rings. The molecule has 0 radical (unpaired) electrons. The Hall–Kier alpha value is -0.580. The van der Waals surface area contributed by atoms with Crippen LogP contribution in [0.5, 0.6) is 0 Å². The molecule has 0 aliphatic heterocycles. The van der Waals surface area contributed by atoms with Crippen LogP contribution in [0.25, 0.3) is 0 Å². The van der Waals surface area contributed by atoms with Gasteiger partial charge in [0.25, 0.3) is 0 Å². The van der Waals surface area contributed by atoms with E-state index in [9.17, 15) is 0 Å². The number of halogens is 1. The molecule has 1 rings (SSSR count). The van der Waals surface area contributed by atoms with Crippen molar-refractivity contribution in [1.82, 2.24) is 15.1 Å². The Bertz CT molecular complexity index is 312. The Kier molecular flexibility index (Phi) is 5.08. The number of unbranched alkanes of at least 4 members (excludes halogenated alkanes) is 1. The van der Waals surface area contributed by atoms with Gasteiger partial charge in [0.05, 0.1) is 5.69 Å². The van der Waals surface area contributed by atoms with Crippen molar-refractivity contribution in [3.8, 4) is 0 Å². The van der Waals surface area contributed by atoms with Crippen molar-refractivity contribution in [3.63, 3.8) is 0 Å². The molecule has 1 aromatic rings. The Balaban J connectivity index is 2.37. The molecular formula is C10H18ClN3O. The van der Waals surface area contributed by atoms with Crippen LogP contribution in [-0.4, -0.2) is 28.0 Å². The molecule has 0 unspecified atom stereocenters. The number of aryl methyl sites for hydroxylation is 2. The van der Waals surface area contributed by atoms with E-state index in [0.717, 1.165) is 37.2 Å². The Labute approximate surface area is 95.2 Å². The van der Waals surface area contributed by atoms with Crippen molar-refractivity contribution in [2.24, 2.45) is 7.05 Å². The molecule has 0 aromatic carbocycles. The van der Waals surface area contributed by atoms with Gasteiger partial charge in [0, 0.05) is 25.8 Å². The summed E-state index contributed by atoms with van der Waals surface area (Å²) < 4.78 is 1.68. The maximum atomic E-state index is 8.61. The SMILES string of the molecule is Cc1nn(C)c(Cl)c1CNCCCCO. The molecule has 15 heavy (non-hydrogen) atoms. The summed E-state index contributed by atoms with van der Waals surface area (Å²) in [7, 11) is 1.84.